The van der Waals surface area contributed by atoms with E-state index in [2.05, 4.69) is 10.2 Å². The van der Waals surface area contributed by atoms with E-state index in [9.17, 15) is 13.6 Å². The number of aliphatic carboxylic acids is 1. The Kier molecular flexibility index (Phi) is 1.55. The molecule has 0 aliphatic carbocycles. The van der Waals surface area contributed by atoms with Gasteiger partial charge in [0.25, 0.3) is 0 Å². The summed E-state index contributed by atoms with van der Waals surface area (Å²) in [5, 5.41) is 15.9. The molecule has 1 aromatic heterocycles. The molecule has 0 atom stereocenters. The molecule has 0 saturated heterocycles. The van der Waals surface area contributed by atoms with Crippen LogP contribution in [-0.4, -0.2) is 26.5 Å². The number of carbonyl (C=O) groups is 1. The van der Waals surface area contributed by atoms with Crippen LogP contribution in [0.25, 0.3) is 0 Å². The summed E-state index contributed by atoms with van der Waals surface area (Å²) in [7, 11) is 0. The van der Waals surface area contributed by atoms with Gasteiger partial charge in [0.2, 0.25) is 0 Å². The number of nitrogens with zero attached hydrogens (tertiary/aromatic N) is 2. The lowest BCUT2D eigenvalue weighted by atomic mass is 10.3. The lowest BCUT2D eigenvalue weighted by Gasteiger charge is -2.04. The standard InChI is InChI=1S/C4H3F2N3O2/c5-4(6,3(10)11)2-1-7-9-8-2/h1H,(H,10,11)(H,7,8,9). The minimum absolute atomic E-state index is 0.661. The molecular formula is C4H3F2N3O2. The molecule has 0 saturated carbocycles. The Hall–Kier alpha value is -1.53. The summed E-state index contributed by atoms with van der Waals surface area (Å²) in [5.41, 5.74) is -0.898. The number of hydrogen-bond acceptors (Lipinski definition) is 3. The van der Waals surface area contributed by atoms with E-state index >= 15 is 0 Å². The van der Waals surface area contributed by atoms with E-state index in [1.807, 2.05) is 5.21 Å². The molecule has 0 aromatic carbocycles. The molecule has 0 aliphatic rings. The highest BCUT2D eigenvalue weighted by atomic mass is 19.3. The van der Waals surface area contributed by atoms with E-state index in [4.69, 9.17) is 5.11 Å². The molecule has 0 aliphatic heterocycles. The van der Waals surface area contributed by atoms with Gasteiger partial charge < -0.3 is 5.11 Å². The van der Waals surface area contributed by atoms with E-state index in [-0.39, 0.29) is 0 Å². The largest absolute Gasteiger partial charge is 0.476 e. The van der Waals surface area contributed by atoms with Gasteiger partial charge in [-0.15, -0.1) is 0 Å². The molecule has 1 rings (SSSR count). The fourth-order valence-corrected chi connectivity index (χ4v) is 0.462. The van der Waals surface area contributed by atoms with Crippen LogP contribution in [0.1, 0.15) is 5.69 Å². The Morgan fingerprint density at radius 3 is 2.73 bits per heavy atom. The fourth-order valence-electron chi connectivity index (χ4n) is 0.462. The van der Waals surface area contributed by atoms with Crippen molar-refractivity contribution in [3.63, 3.8) is 0 Å². The molecule has 60 valence electrons. The monoisotopic (exact) mass is 163 g/mol. The van der Waals surface area contributed by atoms with E-state index in [1.54, 1.807) is 0 Å². The number of carboxylic acid groups (broad SMARTS) is 1. The summed E-state index contributed by atoms with van der Waals surface area (Å²) in [6.07, 6.45) is 0.661. The van der Waals surface area contributed by atoms with Crippen LogP contribution in [-0.2, 0) is 10.7 Å². The summed E-state index contributed by atoms with van der Waals surface area (Å²) in [6.45, 7) is 0. The molecular weight excluding hydrogens is 160 g/mol. The highest BCUT2D eigenvalue weighted by Gasteiger charge is 2.43. The van der Waals surface area contributed by atoms with Crippen molar-refractivity contribution in [3.8, 4) is 0 Å². The van der Waals surface area contributed by atoms with Gasteiger partial charge in [-0.1, -0.05) is 0 Å². The van der Waals surface area contributed by atoms with Crippen molar-refractivity contribution in [1.82, 2.24) is 15.4 Å². The maximum atomic E-state index is 12.4. The number of carboxylic acids is 1. The number of aromatic amines is 1. The zero-order valence-corrected chi connectivity index (χ0v) is 5.08. The lowest BCUT2D eigenvalue weighted by Crippen LogP contribution is -2.25. The Labute approximate surface area is 59.0 Å². The van der Waals surface area contributed by atoms with Crippen molar-refractivity contribution in [2.75, 3.05) is 0 Å². The van der Waals surface area contributed by atoms with Crippen molar-refractivity contribution < 1.29 is 18.7 Å². The Balaban J connectivity index is 3.00. The van der Waals surface area contributed by atoms with Gasteiger partial charge in [-0.2, -0.15) is 24.2 Å². The molecule has 0 radical (unpaired) electrons. The third-order valence-electron chi connectivity index (χ3n) is 1.01. The average Bonchev–Trinajstić information content (AvgIpc) is 2.37. The minimum Gasteiger partial charge on any atom is -0.476 e. The number of H-pyrrole nitrogens is 1. The molecule has 0 bridgehead atoms. The topological polar surface area (TPSA) is 78.9 Å². The van der Waals surface area contributed by atoms with E-state index in [1.165, 1.54) is 0 Å². The highest BCUT2D eigenvalue weighted by Crippen LogP contribution is 2.24. The second-order valence-corrected chi connectivity index (χ2v) is 1.73. The Morgan fingerprint density at radius 2 is 2.36 bits per heavy atom. The summed E-state index contributed by atoms with van der Waals surface area (Å²) in [6, 6.07) is 0. The first kappa shape index (κ1) is 7.58. The number of alkyl halides is 2. The minimum atomic E-state index is -3.97. The van der Waals surface area contributed by atoms with Crippen LogP contribution in [0.2, 0.25) is 0 Å². The fraction of sp³-hybridized carbons (Fsp3) is 0.250. The first-order valence-electron chi connectivity index (χ1n) is 2.52. The smallest absolute Gasteiger partial charge is 0.387 e. The molecule has 2 N–H and O–H groups in total. The summed E-state index contributed by atoms with van der Waals surface area (Å²) in [5.74, 6) is -6.21. The first-order valence-corrected chi connectivity index (χ1v) is 2.52. The number of nitrogens with one attached hydrogen (secondary N) is 1. The van der Waals surface area contributed by atoms with Crippen molar-refractivity contribution in [3.05, 3.63) is 11.9 Å². The summed E-state index contributed by atoms with van der Waals surface area (Å²) in [4.78, 5) is 9.89. The van der Waals surface area contributed by atoms with Crippen LogP contribution in [0, 0.1) is 0 Å². The van der Waals surface area contributed by atoms with Gasteiger partial charge in [0.15, 0.2) is 5.69 Å². The molecule has 0 unspecified atom stereocenters. The number of rotatable bonds is 2. The summed E-state index contributed by atoms with van der Waals surface area (Å²) < 4.78 is 24.8. The van der Waals surface area contributed by atoms with Gasteiger partial charge in [-0.3, -0.25) is 0 Å². The molecule has 1 heterocycles. The molecule has 0 fully saturated rings. The van der Waals surface area contributed by atoms with Gasteiger partial charge >= 0.3 is 11.9 Å². The van der Waals surface area contributed by atoms with Crippen molar-refractivity contribution in [2.24, 2.45) is 0 Å². The van der Waals surface area contributed by atoms with E-state index in [0.29, 0.717) is 6.20 Å². The van der Waals surface area contributed by atoms with Gasteiger partial charge in [-0.05, 0) is 0 Å². The van der Waals surface area contributed by atoms with Gasteiger partial charge in [-0.25, -0.2) is 4.79 Å². The van der Waals surface area contributed by atoms with E-state index < -0.39 is 17.6 Å². The van der Waals surface area contributed by atoms with Crippen molar-refractivity contribution in [2.45, 2.75) is 5.92 Å². The maximum absolute atomic E-state index is 12.4. The highest BCUT2D eigenvalue weighted by molar-refractivity contribution is 5.76. The normalized spacial score (nSPS) is 11.5. The molecule has 1 aromatic rings. The SMILES string of the molecule is O=C(O)C(F)(F)c1cn[nH]n1. The number of halogens is 2. The van der Waals surface area contributed by atoms with E-state index in [0.717, 1.165) is 0 Å². The molecule has 11 heavy (non-hydrogen) atoms. The van der Waals surface area contributed by atoms with Gasteiger partial charge in [0.1, 0.15) is 0 Å². The van der Waals surface area contributed by atoms with Crippen LogP contribution in [0.4, 0.5) is 8.78 Å². The molecule has 5 nitrogen and oxygen atoms in total. The van der Waals surface area contributed by atoms with Crippen LogP contribution in [0.5, 0.6) is 0 Å². The lowest BCUT2D eigenvalue weighted by molar-refractivity contribution is -0.166. The van der Waals surface area contributed by atoms with Crippen LogP contribution >= 0.6 is 0 Å². The predicted octanol–water partition coefficient (Wildman–Crippen LogP) is -0.0189. The second-order valence-electron chi connectivity index (χ2n) is 1.73. The van der Waals surface area contributed by atoms with Crippen LogP contribution in [0.3, 0.4) is 0 Å². The third kappa shape index (κ3) is 1.16. The second kappa shape index (κ2) is 2.26. The van der Waals surface area contributed by atoms with Gasteiger partial charge in [0.05, 0.1) is 6.20 Å². The Morgan fingerprint density at radius 1 is 1.73 bits per heavy atom. The predicted molar refractivity (Wildman–Crippen MR) is 27.9 cm³/mol. The number of hydrogen-bond donors (Lipinski definition) is 2. The first-order chi connectivity index (χ1) is 5.05. The van der Waals surface area contributed by atoms with Crippen LogP contribution in [0.15, 0.2) is 6.20 Å². The maximum Gasteiger partial charge on any atom is 0.387 e. The van der Waals surface area contributed by atoms with Crippen LogP contribution < -0.4 is 0 Å². The zero-order valence-electron chi connectivity index (χ0n) is 5.08. The van der Waals surface area contributed by atoms with Gasteiger partial charge in [0, 0.05) is 0 Å². The number of aromatic nitrogens is 3. The molecule has 7 heteroatoms. The van der Waals surface area contributed by atoms with Crippen molar-refractivity contribution in [1.29, 1.82) is 0 Å². The third-order valence-corrected chi connectivity index (χ3v) is 1.01. The molecule has 0 amide bonds. The quantitative estimate of drug-likeness (QED) is 0.642. The average molecular weight is 163 g/mol. The molecule has 0 spiro atoms. The Bertz CT molecular complexity index is 258. The summed E-state index contributed by atoms with van der Waals surface area (Å²) >= 11 is 0. The zero-order chi connectivity index (χ0) is 8.48. The van der Waals surface area contributed by atoms with Crippen molar-refractivity contribution >= 4 is 5.97 Å².